The molecule has 0 saturated carbocycles. The van der Waals surface area contributed by atoms with Gasteiger partial charge in [0.25, 0.3) is 5.56 Å². The standard InChI is InChI=1S/C21H26FN5O3/c1-30-11-10-25-6-8-26(9-7-25)21-23-18(13-19(28)24-21)15-12-20(29)27(14-15)17-4-2-16(22)3-5-17/h2-5,13,15H,6-12,14H2,1H3,(H,23,24,28)/t15-/m1/s1. The summed E-state index contributed by atoms with van der Waals surface area (Å²) in [5.74, 6) is -0.0182. The van der Waals surface area contributed by atoms with Crippen LogP contribution in [0.15, 0.2) is 35.1 Å². The van der Waals surface area contributed by atoms with Gasteiger partial charge in [0.05, 0.1) is 12.3 Å². The third kappa shape index (κ3) is 4.52. The van der Waals surface area contributed by atoms with Crippen LogP contribution in [-0.4, -0.2) is 73.8 Å². The van der Waals surface area contributed by atoms with Crippen molar-refractivity contribution in [3.05, 3.63) is 52.2 Å². The van der Waals surface area contributed by atoms with Crippen molar-refractivity contribution in [2.24, 2.45) is 0 Å². The Hall–Kier alpha value is -2.78. The van der Waals surface area contributed by atoms with Gasteiger partial charge in [0.2, 0.25) is 11.9 Å². The molecule has 2 aromatic rings. The van der Waals surface area contributed by atoms with E-state index in [1.807, 2.05) is 0 Å². The SMILES string of the molecule is COCCN1CCN(c2nc([C@@H]3CC(=O)N(c4ccc(F)cc4)C3)cc(=O)[nH]2)CC1. The van der Waals surface area contributed by atoms with Gasteiger partial charge >= 0.3 is 0 Å². The average molecular weight is 415 g/mol. The Morgan fingerprint density at radius 1 is 1.17 bits per heavy atom. The van der Waals surface area contributed by atoms with E-state index in [-0.39, 0.29) is 29.6 Å². The van der Waals surface area contributed by atoms with E-state index in [9.17, 15) is 14.0 Å². The number of halogens is 1. The van der Waals surface area contributed by atoms with E-state index in [1.54, 1.807) is 24.1 Å². The molecule has 4 rings (SSSR count). The first kappa shape index (κ1) is 20.5. The van der Waals surface area contributed by atoms with E-state index in [4.69, 9.17) is 9.72 Å². The zero-order chi connectivity index (χ0) is 21.1. The Bertz CT molecular complexity index is 940. The van der Waals surface area contributed by atoms with Gasteiger partial charge in [-0.3, -0.25) is 19.5 Å². The van der Waals surface area contributed by atoms with E-state index >= 15 is 0 Å². The lowest BCUT2D eigenvalue weighted by atomic mass is 10.0. The van der Waals surface area contributed by atoms with E-state index in [1.165, 1.54) is 18.2 Å². The van der Waals surface area contributed by atoms with Gasteiger partial charge < -0.3 is 14.5 Å². The summed E-state index contributed by atoms with van der Waals surface area (Å²) in [4.78, 5) is 38.4. The fourth-order valence-electron chi connectivity index (χ4n) is 4.00. The minimum absolute atomic E-state index is 0.0537. The maximum absolute atomic E-state index is 13.2. The molecular formula is C21H26FN5O3. The van der Waals surface area contributed by atoms with E-state index < -0.39 is 0 Å². The minimum Gasteiger partial charge on any atom is -0.383 e. The predicted molar refractivity (Wildman–Crippen MR) is 111 cm³/mol. The molecule has 3 heterocycles. The molecule has 1 atom stereocenters. The molecule has 2 aliphatic heterocycles. The monoisotopic (exact) mass is 415 g/mol. The highest BCUT2D eigenvalue weighted by Crippen LogP contribution is 2.31. The summed E-state index contributed by atoms with van der Waals surface area (Å²) < 4.78 is 18.3. The van der Waals surface area contributed by atoms with Crippen LogP contribution in [0.1, 0.15) is 18.0 Å². The number of anilines is 2. The largest absolute Gasteiger partial charge is 0.383 e. The summed E-state index contributed by atoms with van der Waals surface area (Å²) in [6.45, 7) is 5.28. The molecule has 1 aromatic heterocycles. The first-order valence-electron chi connectivity index (χ1n) is 10.2. The van der Waals surface area contributed by atoms with Crippen molar-refractivity contribution in [2.45, 2.75) is 12.3 Å². The second-order valence-corrected chi connectivity index (χ2v) is 7.70. The molecule has 1 aromatic carbocycles. The second kappa shape index (κ2) is 8.93. The average Bonchev–Trinajstić information content (AvgIpc) is 3.14. The number of carbonyl (C=O) groups is 1. The highest BCUT2D eigenvalue weighted by molar-refractivity contribution is 5.96. The number of amides is 1. The van der Waals surface area contributed by atoms with Gasteiger partial charge in [-0.1, -0.05) is 0 Å². The van der Waals surface area contributed by atoms with E-state index in [2.05, 4.69) is 14.8 Å². The van der Waals surface area contributed by atoms with Gasteiger partial charge in [0, 0.05) is 70.5 Å². The zero-order valence-corrected chi connectivity index (χ0v) is 17.0. The van der Waals surface area contributed by atoms with Crippen LogP contribution >= 0.6 is 0 Å². The molecule has 160 valence electrons. The molecule has 0 spiro atoms. The molecule has 1 N–H and O–H groups in total. The lowest BCUT2D eigenvalue weighted by Gasteiger charge is -2.35. The molecule has 8 nitrogen and oxygen atoms in total. The van der Waals surface area contributed by atoms with Crippen molar-refractivity contribution in [3.63, 3.8) is 0 Å². The zero-order valence-electron chi connectivity index (χ0n) is 17.0. The maximum Gasteiger partial charge on any atom is 0.252 e. The number of piperazine rings is 1. The number of H-pyrrole nitrogens is 1. The first-order chi connectivity index (χ1) is 14.5. The third-order valence-electron chi connectivity index (χ3n) is 5.71. The molecule has 2 saturated heterocycles. The summed E-state index contributed by atoms with van der Waals surface area (Å²) in [5.41, 5.74) is 1.05. The highest BCUT2D eigenvalue weighted by atomic mass is 19.1. The Kier molecular flexibility index (Phi) is 6.10. The fraction of sp³-hybridized carbons (Fsp3) is 0.476. The fourth-order valence-corrected chi connectivity index (χ4v) is 4.00. The third-order valence-corrected chi connectivity index (χ3v) is 5.71. The summed E-state index contributed by atoms with van der Waals surface area (Å²) >= 11 is 0. The van der Waals surface area contributed by atoms with Crippen LogP contribution in [0, 0.1) is 5.82 Å². The molecule has 2 fully saturated rings. The van der Waals surface area contributed by atoms with Crippen LogP contribution in [0.4, 0.5) is 16.0 Å². The molecule has 0 aliphatic carbocycles. The number of carbonyl (C=O) groups excluding carboxylic acids is 1. The van der Waals surface area contributed by atoms with Gasteiger partial charge in [-0.15, -0.1) is 0 Å². The number of hydrogen-bond acceptors (Lipinski definition) is 6. The van der Waals surface area contributed by atoms with Crippen LogP contribution < -0.4 is 15.4 Å². The molecule has 9 heteroatoms. The van der Waals surface area contributed by atoms with Crippen LogP contribution in [0.3, 0.4) is 0 Å². The topological polar surface area (TPSA) is 81.8 Å². The van der Waals surface area contributed by atoms with E-state index in [0.717, 1.165) is 32.7 Å². The second-order valence-electron chi connectivity index (χ2n) is 7.70. The number of nitrogens with zero attached hydrogens (tertiary/aromatic N) is 4. The van der Waals surface area contributed by atoms with Crippen LogP contribution in [0.5, 0.6) is 0 Å². The molecule has 30 heavy (non-hydrogen) atoms. The number of aromatic amines is 1. The number of rotatable bonds is 6. The molecule has 1 amide bonds. The maximum atomic E-state index is 13.2. The van der Waals surface area contributed by atoms with Crippen molar-refractivity contribution in [1.82, 2.24) is 14.9 Å². The Morgan fingerprint density at radius 2 is 1.90 bits per heavy atom. The Morgan fingerprint density at radius 3 is 2.60 bits per heavy atom. The van der Waals surface area contributed by atoms with Gasteiger partial charge in [-0.05, 0) is 24.3 Å². The van der Waals surface area contributed by atoms with Crippen molar-refractivity contribution >= 4 is 17.5 Å². The van der Waals surface area contributed by atoms with Crippen molar-refractivity contribution in [3.8, 4) is 0 Å². The highest BCUT2D eigenvalue weighted by Gasteiger charge is 2.33. The molecule has 2 aliphatic rings. The quantitative estimate of drug-likeness (QED) is 0.764. The van der Waals surface area contributed by atoms with Crippen LogP contribution in [0.2, 0.25) is 0 Å². The Labute approximate surface area is 174 Å². The Balaban J connectivity index is 1.47. The van der Waals surface area contributed by atoms with Crippen molar-refractivity contribution in [2.75, 3.05) is 62.8 Å². The number of aromatic nitrogens is 2. The van der Waals surface area contributed by atoms with Crippen LogP contribution in [0.25, 0.3) is 0 Å². The summed E-state index contributed by atoms with van der Waals surface area (Å²) in [6.07, 6.45) is 0.276. The first-order valence-corrected chi connectivity index (χ1v) is 10.2. The van der Waals surface area contributed by atoms with E-state index in [0.29, 0.717) is 30.5 Å². The summed E-state index contributed by atoms with van der Waals surface area (Å²) in [5, 5.41) is 0. The van der Waals surface area contributed by atoms with Gasteiger partial charge in [-0.25, -0.2) is 9.37 Å². The normalized spacial score (nSPS) is 20.2. The number of hydrogen-bond donors (Lipinski definition) is 1. The number of benzene rings is 1. The lowest BCUT2D eigenvalue weighted by Crippen LogP contribution is -2.48. The van der Waals surface area contributed by atoms with Crippen molar-refractivity contribution in [1.29, 1.82) is 0 Å². The van der Waals surface area contributed by atoms with Gasteiger partial charge in [0.1, 0.15) is 5.82 Å². The predicted octanol–water partition coefficient (Wildman–Crippen LogP) is 1.20. The molecular weight excluding hydrogens is 389 g/mol. The van der Waals surface area contributed by atoms with Gasteiger partial charge in [0.15, 0.2) is 0 Å². The lowest BCUT2D eigenvalue weighted by molar-refractivity contribution is -0.117. The molecule has 0 unspecified atom stereocenters. The van der Waals surface area contributed by atoms with Crippen molar-refractivity contribution < 1.29 is 13.9 Å². The molecule has 0 bridgehead atoms. The van der Waals surface area contributed by atoms with Gasteiger partial charge in [-0.2, -0.15) is 0 Å². The molecule has 0 radical (unpaired) electrons. The van der Waals surface area contributed by atoms with Crippen LogP contribution in [-0.2, 0) is 9.53 Å². The number of nitrogens with one attached hydrogen (secondary N) is 1. The smallest absolute Gasteiger partial charge is 0.252 e. The summed E-state index contributed by atoms with van der Waals surface area (Å²) in [6, 6.07) is 7.34. The number of methoxy groups -OCH3 is 1. The summed E-state index contributed by atoms with van der Waals surface area (Å²) in [7, 11) is 1.70. The minimum atomic E-state index is -0.342. The number of ether oxygens (including phenoxy) is 1.